The normalized spacial score (nSPS) is 21.4. The van der Waals surface area contributed by atoms with Gasteiger partial charge < -0.3 is 15.4 Å². The molecule has 3 rings (SSSR count). The van der Waals surface area contributed by atoms with Crippen molar-refractivity contribution in [1.82, 2.24) is 15.5 Å². The maximum absolute atomic E-state index is 5.32. The van der Waals surface area contributed by atoms with Gasteiger partial charge in [0.25, 0.3) is 0 Å². The zero-order valence-corrected chi connectivity index (χ0v) is 21.4. The fourth-order valence-electron chi connectivity index (χ4n) is 4.74. The molecule has 170 valence electrons. The monoisotopic (exact) mass is 528 g/mol. The molecule has 2 aliphatic rings. The lowest BCUT2D eigenvalue weighted by Crippen LogP contribution is -2.46. The number of nitrogens with zero attached hydrogens (tertiary/aromatic N) is 2. The minimum absolute atomic E-state index is 0. The molecule has 1 aliphatic heterocycles. The van der Waals surface area contributed by atoms with Crippen molar-refractivity contribution in [2.75, 3.05) is 40.4 Å². The number of guanidine groups is 1. The molecule has 0 aromatic heterocycles. The molecule has 1 atom stereocenters. The standard InChI is InChI=1S/C24H40N4O.HI/c1-20-8-6-14-28(17-20)18-22-10-5-4-9-21(22)16-26-23(25-2)27-19-24(11-7-12-24)13-15-29-3;/h4-5,9-10,20H,6-8,11-19H2,1-3H3,(H2,25,26,27);1H. The van der Waals surface area contributed by atoms with Crippen LogP contribution in [0, 0.1) is 11.3 Å². The summed E-state index contributed by atoms with van der Waals surface area (Å²) >= 11 is 0. The molecule has 30 heavy (non-hydrogen) atoms. The molecule has 0 radical (unpaired) electrons. The number of likely N-dealkylation sites (tertiary alicyclic amines) is 1. The van der Waals surface area contributed by atoms with Crippen molar-refractivity contribution < 1.29 is 4.74 Å². The first-order valence-corrected chi connectivity index (χ1v) is 11.4. The van der Waals surface area contributed by atoms with Crippen molar-refractivity contribution in [3.05, 3.63) is 35.4 Å². The number of aliphatic imine (C=N–C) groups is 1. The molecule has 2 fully saturated rings. The first kappa shape index (κ1) is 25.4. The number of nitrogens with one attached hydrogen (secondary N) is 2. The highest BCUT2D eigenvalue weighted by molar-refractivity contribution is 14.0. The Balaban J connectivity index is 0.00000320. The van der Waals surface area contributed by atoms with Crippen LogP contribution in [0.2, 0.25) is 0 Å². The molecule has 1 saturated carbocycles. The van der Waals surface area contributed by atoms with E-state index in [2.05, 4.69) is 51.7 Å². The zero-order valence-electron chi connectivity index (χ0n) is 19.1. The fourth-order valence-corrected chi connectivity index (χ4v) is 4.74. The van der Waals surface area contributed by atoms with Gasteiger partial charge in [-0.3, -0.25) is 9.89 Å². The number of hydrogen-bond acceptors (Lipinski definition) is 3. The van der Waals surface area contributed by atoms with E-state index in [4.69, 9.17) is 4.74 Å². The van der Waals surface area contributed by atoms with E-state index in [1.807, 2.05) is 7.05 Å². The summed E-state index contributed by atoms with van der Waals surface area (Å²) in [4.78, 5) is 7.06. The Bertz CT molecular complexity index is 662. The van der Waals surface area contributed by atoms with Crippen molar-refractivity contribution in [3.63, 3.8) is 0 Å². The number of rotatable bonds is 9. The second-order valence-corrected chi connectivity index (χ2v) is 9.13. The van der Waals surface area contributed by atoms with Gasteiger partial charge in [-0.25, -0.2) is 0 Å². The molecular weight excluding hydrogens is 487 g/mol. The molecule has 1 heterocycles. The van der Waals surface area contributed by atoms with E-state index in [1.54, 1.807) is 7.11 Å². The Morgan fingerprint density at radius 3 is 2.60 bits per heavy atom. The van der Waals surface area contributed by atoms with Gasteiger partial charge in [-0.2, -0.15) is 0 Å². The van der Waals surface area contributed by atoms with Gasteiger partial charge in [0, 0.05) is 46.9 Å². The Morgan fingerprint density at radius 2 is 1.97 bits per heavy atom. The van der Waals surface area contributed by atoms with Crippen LogP contribution in [0.1, 0.15) is 56.6 Å². The number of ether oxygens (including phenoxy) is 1. The molecule has 0 spiro atoms. The van der Waals surface area contributed by atoms with Gasteiger partial charge in [-0.1, -0.05) is 37.6 Å². The highest BCUT2D eigenvalue weighted by Gasteiger charge is 2.36. The minimum atomic E-state index is 0. The summed E-state index contributed by atoms with van der Waals surface area (Å²) < 4.78 is 5.32. The van der Waals surface area contributed by atoms with Crippen molar-refractivity contribution in [2.45, 2.75) is 58.5 Å². The lowest BCUT2D eigenvalue weighted by atomic mass is 9.67. The molecule has 1 saturated heterocycles. The third kappa shape index (κ3) is 7.38. The van der Waals surface area contributed by atoms with Gasteiger partial charge in [-0.15, -0.1) is 24.0 Å². The van der Waals surface area contributed by atoms with Gasteiger partial charge in [0.1, 0.15) is 0 Å². The number of halogens is 1. The second-order valence-electron chi connectivity index (χ2n) is 9.13. The van der Waals surface area contributed by atoms with Crippen LogP contribution in [-0.4, -0.2) is 51.3 Å². The Labute approximate surface area is 200 Å². The summed E-state index contributed by atoms with van der Waals surface area (Å²) in [6.45, 7) is 8.49. The van der Waals surface area contributed by atoms with Crippen LogP contribution in [-0.2, 0) is 17.8 Å². The third-order valence-corrected chi connectivity index (χ3v) is 6.80. The van der Waals surface area contributed by atoms with Crippen molar-refractivity contribution >= 4 is 29.9 Å². The average molecular weight is 529 g/mol. The van der Waals surface area contributed by atoms with Crippen molar-refractivity contribution in [3.8, 4) is 0 Å². The number of methoxy groups -OCH3 is 1. The van der Waals surface area contributed by atoms with E-state index >= 15 is 0 Å². The summed E-state index contributed by atoms with van der Waals surface area (Å²) in [5.74, 6) is 1.71. The summed E-state index contributed by atoms with van der Waals surface area (Å²) in [6, 6.07) is 8.83. The summed E-state index contributed by atoms with van der Waals surface area (Å²) in [5.41, 5.74) is 3.18. The summed E-state index contributed by atoms with van der Waals surface area (Å²) in [5, 5.41) is 7.11. The van der Waals surface area contributed by atoms with Gasteiger partial charge >= 0.3 is 0 Å². The van der Waals surface area contributed by atoms with Crippen molar-refractivity contribution in [2.24, 2.45) is 16.3 Å². The fraction of sp³-hybridized carbons (Fsp3) is 0.708. The lowest BCUT2D eigenvalue weighted by Gasteiger charge is -2.42. The van der Waals surface area contributed by atoms with Crippen LogP contribution >= 0.6 is 24.0 Å². The maximum Gasteiger partial charge on any atom is 0.191 e. The van der Waals surface area contributed by atoms with E-state index in [0.29, 0.717) is 5.41 Å². The summed E-state index contributed by atoms with van der Waals surface area (Å²) in [6.07, 6.45) is 7.73. The van der Waals surface area contributed by atoms with E-state index in [0.717, 1.165) is 44.5 Å². The highest BCUT2D eigenvalue weighted by atomic mass is 127. The molecule has 1 unspecified atom stereocenters. The molecule has 2 N–H and O–H groups in total. The number of hydrogen-bond donors (Lipinski definition) is 2. The maximum atomic E-state index is 5.32. The van der Waals surface area contributed by atoms with Crippen LogP contribution in [0.4, 0.5) is 0 Å². The Kier molecular flexibility index (Phi) is 10.9. The topological polar surface area (TPSA) is 48.9 Å². The second kappa shape index (κ2) is 12.9. The van der Waals surface area contributed by atoms with Crippen LogP contribution in [0.15, 0.2) is 29.3 Å². The van der Waals surface area contributed by atoms with Gasteiger partial charge in [0.05, 0.1) is 0 Å². The predicted molar refractivity (Wildman–Crippen MR) is 137 cm³/mol. The number of benzene rings is 1. The van der Waals surface area contributed by atoms with Crippen LogP contribution in [0.5, 0.6) is 0 Å². The average Bonchev–Trinajstić information content (AvgIpc) is 2.70. The van der Waals surface area contributed by atoms with E-state index in [-0.39, 0.29) is 24.0 Å². The molecular formula is C24H41IN4O. The molecule has 1 aliphatic carbocycles. The van der Waals surface area contributed by atoms with Crippen LogP contribution < -0.4 is 10.6 Å². The zero-order chi connectivity index (χ0) is 20.5. The van der Waals surface area contributed by atoms with E-state index in [1.165, 1.54) is 56.3 Å². The molecule has 1 aromatic rings. The Hall–Kier alpha value is -0.860. The quantitative estimate of drug-likeness (QED) is 0.283. The number of piperidine rings is 1. The molecule has 5 nitrogen and oxygen atoms in total. The highest BCUT2D eigenvalue weighted by Crippen LogP contribution is 2.43. The van der Waals surface area contributed by atoms with Crippen molar-refractivity contribution in [1.29, 1.82) is 0 Å². The van der Waals surface area contributed by atoms with Gasteiger partial charge in [-0.05, 0) is 61.1 Å². The summed E-state index contributed by atoms with van der Waals surface area (Å²) in [7, 11) is 3.65. The van der Waals surface area contributed by atoms with Crippen LogP contribution in [0.3, 0.4) is 0 Å². The first-order chi connectivity index (χ1) is 14.1. The smallest absolute Gasteiger partial charge is 0.191 e. The van der Waals surface area contributed by atoms with Gasteiger partial charge in [0.2, 0.25) is 0 Å². The SMILES string of the molecule is CN=C(NCc1ccccc1CN1CCCC(C)C1)NCC1(CCOC)CCC1.I. The third-order valence-electron chi connectivity index (χ3n) is 6.80. The minimum Gasteiger partial charge on any atom is -0.385 e. The molecule has 0 amide bonds. The molecule has 6 heteroatoms. The largest absolute Gasteiger partial charge is 0.385 e. The lowest BCUT2D eigenvalue weighted by molar-refractivity contribution is 0.0732. The van der Waals surface area contributed by atoms with Crippen LogP contribution in [0.25, 0.3) is 0 Å². The van der Waals surface area contributed by atoms with Gasteiger partial charge in [0.15, 0.2) is 5.96 Å². The first-order valence-electron chi connectivity index (χ1n) is 11.4. The molecule has 0 bridgehead atoms. The predicted octanol–water partition coefficient (Wildman–Crippen LogP) is 4.41. The van der Waals surface area contributed by atoms with E-state index in [9.17, 15) is 0 Å². The van der Waals surface area contributed by atoms with E-state index < -0.39 is 0 Å². The Morgan fingerprint density at radius 1 is 1.20 bits per heavy atom. The molecule has 1 aromatic carbocycles.